The highest BCUT2D eigenvalue weighted by Crippen LogP contribution is 2.18. The third-order valence-electron chi connectivity index (χ3n) is 4.16. The molecule has 0 aliphatic carbocycles. The predicted molar refractivity (Wildman–Crippen MR) is 74.9 cm³/mol. The predicted octanol–water partition coefficient (Wildman–Crippen LogP) is 1.69. The van der Waals surface area contributed by atoms with Crippen molar-refractivity contribution >= 4 is 0 Å². The number of aromatic amines is 1. The van der Waals surface area contributed by atoms with Gasteiger partial charge in [-0.3, -0.25) is 5.10 Å². The fourth-order valence-corrected chi connectivity index (χ4v) is 2.86. The molecule has 0 bridgehead atoms. The van der Waals surface area contributed by atoms with Gasteiger partial charge in [0.15, 0.2) is 0 Å². The molecular formula is C14H26N4. The maximum absolute atomic E-state index is 4.24. The van der Waals surface area contributed by atoms with Gasteiger partial charge in [-0.2, -0.15) is 5.10 Å². The van der Waals surface area contributed by atoms with E-state index < -0.39 is 0 Å². The summed E-state index contributed by atoms with van der Waals surface area (Å²) in [6.07, 6.45) is 3.52. The molecule has 1 atom stereocenters. The summed E-state index contributed by atoms with van der Waals surface area (Å²) in [5.74, 6) is 0. The standard InChI is InChI=1S/C14H26N4/c1-10-12(11(2)18-17-10)6-5-8-15-13-7-9-16-14(13,3)4/h13,15-16H,5-9H2,1-4H3,(H,17,18). The van der Waals surface area contributed by atoms with E-state index in [0.717, 1.165) is 25.2 Å². The zero-order chi connectivity index (χ0) is 13.2. The first-order valence-corrected chi connectivity index (χ1v) is 6.99. The molecule has 1 aromatic rings. The van der Waals surface area contributed by atoms with Gasteiger partial charge in [0.2, 0.25) is 0 Å². The number of H-pyrrole nitrogens is 1. The summed E-state index contributed by atoms with van der Waals surface area (Å²) in [6, 6.07) is 0.601. The Morgan fingerprint density at radius 1 is 1.39 bits per heavy atom. The van der Waals surface area contributed by atoms with E-state index in [1.165, 1.54) is 24.1 Å². The number of hydrogen-bond acceptors (Lipinski definition) is 3. The van der Waals surface area contributed by atoms with Crippen molar-refractivity contribution in [1.82, 2.24) is 20.8 Å². The molecule has 1 aromatic heterocycles. The Hall–Kier alpha value is -0.870. The van der Waals surface area contributed by atoms with Gasteiger partial charge in [0.25, 0.3) is 0 Å². The van der Waals surface area contributed by atoms with Crippen LogP contribution in [-0.4, -0.2) is 34.9 Å². The summed E-state index contributed by atoms with van der Waals surface area (Å²) in [4.78, 5) is 0. The van der Waals surface area contributed by atoms with Gasteiger partial charge in [0.1, 0.15) is 0 Å². The molecule has 0 saturated carbocycles. The van der Waals surface area contributed by atoms with Crippen LogP contribution in [0.4, 0.5) is 0 Å². The van der Waals surface area contributed by atoms with Gasteiger partial charge < -0.3 is 10.6 Å². The first-order chi connectivity index (χ1) is 8.50. The van der Waals surface area contributed by atoms with E-state index in [1.807, 2.05) is 0 Å². The molecule has 0 radical (unpaired) electrons. The molecule has 0 aromatic carbocycles. The summed E-state index contributed by atoms with van der Waals surface area (Å²) in [7, 11) is 0. The molecule has 0 amide bonds. The number of nitrogens with zero attached hydrogens (tertiary/aromatic N) is 1. The number of rotatable bonds is 5. The molecule has 18 heavy (non-hydrogen) atoms. The Bertz CT molecular complexity index is 375. The monoisotopic (exact) mass is 250 g/mol. The van der Waals surface area contributed by atoms with Gasteiger partial charge >= 0.3 is 0 Å². The fourth-order valence-electron chi connectivity index (χ4n) is 2.86. The lowest BCUT2D eigenvalue weighted by molar-refractivity contribution is 0.350. The van der Waals surface area contributed by atoms with Crippen LogP contribution in [0.15, 0.2) is 0 Å². The van der Waals surface area contributed by atoms with E-state index in [4.69, 9.17) is 0 Å². The molecule has 1 fully saturated rings. The van der Waals surface area contributed by atoms with E-state index in [1.54, 1.807) is 0 Å². The lowest BCUT2D eigenvalue weighted by atomic mass is 9.97. The number of hydrogen-bond donors (Lipinski definition) is 3. The second kappa shape index (κ2) is 5.41. The van der Waals surface area contributed by atoms with Crippen LogP contribution < -0.4 is 10.6 Å². The fraction of sp³-hybridized carbons (Fsp3) is 0.786. The lowest BCUT2D eigenvalue weighted by Gasteiger charge is -2.28. The zero-order valence-electron chi connectivity index (χ0n) is 12.1. The van der Waals surface area contributed by atoms with Gasteiger partial charge in [0.05, 0.1) is 5.69 Å². The van der Waals surface area contributed by atoms with E-state index in [0.29, 0.717) is 6.04 Å². The maximum atomic E-state index is 4.24. The first kappa shape index (κ1) is 13.6. The molecule has 4 nitrogen and oxygen atoms in total. The van der Waals surface area contributed by atoms with E-state index in [-0.39, 0.29) is 5.54 Å². The van der Waals surface area contributed by atoms with Gasteiger partial charge in [-0.25, -0.2) is 0 Å². The zero-order valence-corrected chi connectivity index (χ0v) is 12.1. The molecular weight excluding hydrogens is 224 g/mol. The van der Waals surface area contributed by atoms with Crippen molar-refractivity contribution < 1.29 is 0 Å². The summed E-state index contributed by atoms with van der Waals surface area (Å²) < 4.78 is 0. The molecule has 102 valence electrons. The molecule has 1 unspecified atom stereocenters. The van der Waals surface area contributed by atoms with Gasteiger partial charge in [-0.15, -0.1) is 0 Å². The normalized spacial score (nSPS) is 22.6. The van der Waals surface area contributed by atoms with Crippen molar-refractivity contribution in [2.45, 2.75) is 58.5 Å². The molecule has 2 rings (SSSR count). The van der Waals surface area contributed by atoms with Crippen LogP contribution in [0, 0.1) is 13.8 Å². The molecule has 1 aliphatic heterocycles. The summed E-state index contributed by atoms with van der Waals surface area (Å²) in [6.45, 7) is 11.0. The van der Waals surface area contributed by atoms with Crippen molar-refractivity contribution in [3.8, 4) is 0 Å². The van der Waals surface area contributed by atoms with E-state index >= 15 is 0 Å². The minimum Gasteiger partial charge on any atom is -0.312 e. The summed E-state index contributed by atoms with van der Waals surface area (Å²) >= 11 is 0. The Labute approximate surface area is 110 Å². The Balaban J connectivity index is 1.74. The van der Waals surface area contributed by atoms with Crippen LogP contribution in [-0.2, 0) is 6.42 Å². The quantitative estimate of drug-likeness (QED) is 0.697. The van der Waals surface area contributed by atoms with E-state index in [9.17, 15) is 0 Å². The van der Waals surface area contributed by atoms with Crippen LogP contribution in [0.5, 0.6) is 0 Å². The largest absolute Gasteiger partial charge is 0.312 e. The van der Waals surface area contributed by atoms with Crippen molar-refractivity contribution in [1.29, 1.82) is 0 Å². The number of aryl methyl sites for hydroxylation is 2. The highest BCUT2D eigenvalue weighted by atomic mass is 15.1. The molecule has 2 heterocycles. The minimum atomic E-state index is 0.238. The smallest absolute Gasteiger partial charge is 0.0625 e. The lowest BCUT2D eigenvalue weighted by Crippen LogP contribution is -2.49. The average molecular weight is 250 g/mol. The van der Waals surface area contributed by atoms with Crippen LogP contribution in [0.1, 0.15) is 43.6 Å². The minimum absolute atomic E-state index is 0.238. The van der Waals surface area contributed by atoms with Crippen LogP contribution >= 0.6 is 0 Å². The summed E-state index contributed by atoms with van der Waals surface area (Å²) in [5, 5.41) is 14.5. The maximum Gasteiger partial charge on any atom is 0.0625 e. The van der Waals surface area contributed by atoms with E-state index in [2.05, 4.69) is 48.5 Å². The Morgan fingerprint density at radius 2 is 2.17 bits per heavy atom. The molecule has 1 aliphatic rings. The summed E-state index contributed by atoms with van der Waals surface area (Å²) in [5.41, 5.74) is 3.99. The van der Waals surface area contributed by atoms with Crippen LogP contribution in [0.25, 0.3) is 0 Å². The molecule has 1 saturated heterocycles. The van der Waals surface area contributed by atoms with Crippen molar-refractivity contribution in [2.75, 3.05) is 13.1 Å². The van der Waals surface area contributed by atoms with Crippen LogP contribution in [0.3, 0.4) is 0 Å². The van der Waals surface area contributed by atoms with Crippen LogP contribution in [0.2, 0.25) is 0 Å². The highest BCUT2D eigenvalue weighted by Gasteiger charge is 2.33. The third-order valence-corrected chi connectivity index (χ3v) is 4.16. The second-order valence-corrected chi connectivity index (χ2v) is 5.96. The molecule has 3 N–H and O–H groups in total. The van der Waals surface area contributed by atoms with Gasteiger partial charge in [-0.05, 0) is 65.6 Å². The van der Waals surface area contributed by atoms with Crippen molar-refractivity contribution in [2.24, 2.45) is 0 Å². The number of aromatic nitrogens is 2. The van der Waals surface area contributed by atoms with Gasteiger partial charge in [-0.1, -0.05) is 0 Å². The molecule has 4 heteroatoms. The highest BCUT2D eigenvalue weighted by molar-refractivity contribution is 5.23. The molecule has 0 spiro atoms. The average Bonchev–Trinajstić information content (AvgIpc) is 2.79. The second-order valence-electron chi connectivity index (χ2n) is 5.96. The Morgan fingerprint density at radius 3 is 2.72 bits per heavy atom. The first-order valence-electron chi connectivity index (χ1n) is 6.99. The Kier molecular flexibility index (Phi) is 4.07. The number of nitrogens with one attached hydrogen (secondary N) is 3. The SMILES string of the molecule is Cc1n[nH]c(C)c1CCCNC1CCNC1(C)C. The van der Waals surface area contributed by atoms with Crippen molar-refractivity contribution in [3.05, 3.63) is 17.0 Å². The topological polar surface area (TPSA) is 52.7 Å². The third kappa shape index (κ3) is 2.93. The van der Waals surface area contributed by atoms with Crippen molar-refractivity contribution in [3.63, 3.8) is 0 Å². The van der Waals surface area contributed by atoms with Gasteiger partial charge in [0, 0.05) is 17.3 Å².